The summed E-state index contributed by atoms with van der Waals surface area (Å²) in [5, 5.41) is 0.807. The third kappa shape index (κ3) is 6.28. The van der Waals surface area contributed by atoms with E-state index < -0.39 is 0 Å². The predicted molar refractivity (Wildman–Crippen MR) is 96.7 cm³/mol. The molecule has 0 heterocycles. The van der Waals surface area contributed by atoms with Gasteiger partial charge >= 0.3 is 0 Å². The molecule has 116 valence electrons. The highest BCUT2D eigenvalue weighted by Gasteiger charge is 1.95. The minimum atomic E-state index is 0.125. The number of Topliss-reactive ketones (excluding diaryl/α,β-unsaturated/α-hetero) is 1. The zero-order chi connectivity index (χ0) is 16.5. The van der Waals surface area contributed by atoms with E-state index in [0.717, 1.165) is 17.0 Å². The molecule has 1 nitrogen and oxygen atoms in total. The van der Waals surface area contributed by atoms with Crippen LogP contribution in [0.1, 0.15) is 47.3 Å². The van der Waals surface area contributed by atoms with Crippen molar-refractivity contribution in [1.82, 2.24) is 0 Å². The third-order valence-electron chi connectivity index (χ3n) is 3.22. The molecule has 0 atom stereocenters. The van der Waals surface area contributed by atoms with Gasteiger partial charge in [-0.05, 0) is 50.5 Å². The number of aryl methyl sites for hydroxylation is 2. The second-order valence-corrected chi connectivity index (χ2v) is 5.67. The number of halogens is 1. The van der Waals surface area contributed by atoms with Crippen LogP contribution in [0.4, 0.5) is 0 Å². The molecule has 0 saturated heterocycles. The summed E-state index contributed by atoms with van der Waals surface area (Å²) in [6.45, 7) is 7.78. The first-order valence-corrected chi connectivity index (χ1v) is 7.82. The molecule has 0 saturated carbocycles. The van der Waals surface area contributed by atoms with Crippen molar-refractivity contribution >= 4 is 23.5 Å². The third-order valence-corrected chi connectivity index (χ3v) is 3.46. The number of carbonyl (C=O) groups excluding carboxylic acids is 1. The van der Waals surface area contributed by atoms with Gasteiger partial charge in [0.1, 0.15) is 0 Å². The molecular weight excluding hydrogens is 292 g/mol. The Hall–Kier alpha value is -1.86. The van der Waals surface area contributed by atoms with Gasteiger partial charge in [0.25, 0.3) is 0 Å². The van der Waals surface area contributed by atoms with E-state index in [1.807, 2.05) is 49.4 Å². The summed E-state index contributed by atoms with van der Waals surface area (Å²) >= 11 is 5.83. The van der Waals surface area contributed by atoms with Crippen molar-refractivity contribution in [1.29, 1.82) is 0 Å². The molecule has 0 N–H and O–H groups in total. The summed E-state index contributed by atoms with van der Waals surface area (Å²) < 4.78 is 0. The second kappa shape index (κ2) is 9.22. The number of rotatable bonds is 3. The molecule has 0 aliphatic carbocycles. The minimum absolute atomic E-state index is 0.125. The van der Waals surface area contributed by atoms with E-state index in [0.29, 0.717) is 0 Å². The van der Waals surface area contributed by atoms with Gasteiger partial charge < -0.3 is 0 Å². The van der Waals surface area contributed by atoms with Gasteiger partial charge in [0.05, 0.1) is 0 Å². The Labute approximate surface area is 138 Å². The minimum Gasteiger partial charge on any atom is -0.295 e. The summed E-state index contributed by atoms with van der Waals surface area (Å²) in [5.41, 5.74) is 4.45. The smallest absolute Gasteiger partial charge is 0.159 e. The summed E-state index contributed by atoms with van der Waals surface area (Å²) in [5.74, 6) is 0.125. The first-order valence-electron chi connectivity index (χ1n) is 7.44. The molecule has 2 aromatic rings. The van der Waals surface area contributed by atoms with Crippen LogP contribution in [0.25, 0.3) is 6.08 Å². The number of hydrogen-bond acceptors (Lipinski definition) is 1. The van der Waals surface area contributed by atoms with E-state index in [9.17, 15) is 4.79 Å². The summed E-state index contributed by atoms with van der Waals surface area (Å²) in [6, 6.07) is 13.5. The normalized spacial score (nSPS) is 10.2. The largest absolute Gasteiger partial charge is 0.295 e. The van der Waals surface area contributed by atoms with Gasteiger partial charge in [-0.25, -0.2) is 0 Å². The highest BCUT2D eigenvalue weighted by atomic mass is 35.5. The summed E-state index contributed by atoms with van der Waals surface area (Å²) in [6.07, 6.45) is 5.35. The lowest BCUT2D eigenvalue weighted by molar-refractivity contribution is 0.101. The molecule has 22 heavy (non-hydrogen) atoms. The van der Waals surface area contributed by atoms with Crippen LogP contribution in [0.3, 0.4) is 0 Å². The van der Waals surface area contributed by atoms with Crippen LogP contribution in [-0.4, -0.2) is 5.78 Å². The highest BCUT2D eigenvalue weighted by Crippen LogP contribution is 2.16. The van der Waals surface area contributed by atoms with Crippen molar-refractivity contribution in [2.45, 2.75) is 34.1 Å². The van der Waals surface area contributed by atoms with Crippen LogP contribution in [0.2, 0.25) is 5.02 Å². The molecule has 0 radical (unpaired) electrons. The van der Waals surface area contributed by atoms with Crippen molar-refractivity contribution in [3.05, 3.63) is 75.8 Å². The molecule has 2 rings (SSSR count). The number of allylic oxidation sites excluding steroid dienone is 1. The molecule has 0 amide bonds. The van der Waals surface area contributed by atoms with Crippen LogP contribution < -0.4 is 0 Å². The molecule has 0 unspecified atom stereocenters. The molecule has 0 aliphatic rings. The van der Waals surface area contributed by atoms with Gasteiger partial charge in [0.15, 0.2) is 5.78 Å². The van der Waals surface area contributed by atoms with E-state index in [4.69, 9.17) is 11.6 Å². The van der Waals surface area contributed by atoms with Crippen LogP contribution in [0.5, 0.6) is 0 Å². The highest BCUT2D eigenvalue weighted by molar-refractivity contribution is 6.30. The van der Waals surface area contributed by atoms with Gasteiger partial charge in [-0.1, -0.05) is 66.6 Å². The number of ketones is 1. The van der Waals surface area contributed by atoms with E-state index in [2.05, 4.69) is 26.0 Å². The van der Waals surface area contributed by atoms with Gasteiger partial charge in [0, 0.05) is 10.6 Å². The quantitative estimate of drug-likeness (QED) is 0.610. The maximum Gasteiger partial charge on any atom is 0.159 e. The topological polar surface area (TPSA) is 17.1 Å². The molecule has 2 heteroatoms. The van der Waals surface area contributed by atoms with E-state index in [1.54, 1.807) is 6.92 Å². The van der Waals surface area contributed by atoms with Crippen molar-refractivity contribution in [3.8, 4) is 0 Å². The SMILES string of the molecule is CC(=O)c1ccc(C)cc1.CC/C=C/c1ccc(Cl)cc1C. The molecular formula is C20H23ClO. The average molecular weight is 315 g/mol. The van der Waals surface area contributed by atoms with Crippen LogP contribution in [0.15, 0.2) is 48.5 Å². The molecule has 0 fully saturated rings. The Morgan fingerprint density at radius 1 is 1.09 bits per heavy atom. The molecule has 2 aromatic carbocycles. The first-order chi connectivity index (χ1) is 10.4. The van der Waals surface area contributed by atoms with E-state index >= 15 is 0 Å². The Morgan fingerprint density at radius 3 is 2.23 bits per heavy atom. The van der Waals surface area contributed by atoms with Gasteiger partial charge in [-0.2, -0.15) is 0 Å². The Bertz CT molecular complexity index is 639. The monoisotopic (exact) mass is 314 g/mol. The van der Waals surface area contributed by atoms with Crippen molar-refractivity contribution < 1.29 is 4.79 Å². The predicted octanol–water partition coefficient (Wildman–Crippen LogP) is 6.27. The fraction of sp³-hybridized carbons (Fsp3) is 0.250. The standard InChI is InChI=1S/C11H13Cl.C9H10O/c1-3-4-5-10-6-7-11(12)8-9(10)2;1-7-3-5-9(6-4-7)8(2)10/h4-8H,3H2,1-2H3;3-6H,1-2H3/b5-4+;. The fourth-order valence-corrected chi connectivity index (χ4v) is 2.09. The fourth-order valence-electron chi connectivity index (χ4n) is 1.86. The van der Waals surface area contributed by atoms with Gasteiger partial charge in [-0.3, -0.25) is 4.79 Å². The second-order valence-electron chi connectivity index (χ2n) is 5.23. The van der Waals surface area contributed by atoms with Crippen LogP contribution >= 0.6 is 11.6 Å². The van der Waals surface area contributed by atoms with Crippen LogP contribution in [-0.2, 0) is 0 Å². The van der Waals surface area contributed by atoms with E-state index in [1.165, 1.54) is 16.7 Å². The number of carbonyl (C=O) groups is 1. The lowest BCUT2D eigenvalue weighted by atomic mass is 10.1. The maximum absolute atomic E-state index is 10.8. The van der Waals surface area contributed by atoms with Crippen molar-refractivity contribution in [2.24, 2.45) is 0 Å². The lowest BCUT2D eigenvalue weighted by Gasteiger charge is -1.99. The van der Waals surface area contributed by atoms with E-state index in [-0.39, 0.29) is 5.78 Å². The van der Waals surface area contributed by atoms with Gasteiger partial charge in [-0.15, -0.1) is 0 Å². The first kappa shape index (κ1) is 18.2. The molecule has 0 aliphatic heterocycles. The van der Waals surface area contributed by atoms with Crippen LogP contribution in [0, 0.1) is 13.8 Å². The average Bonchev–Trinajstić information content (AvgIpc) is 2.47. The Kier molecular flexibility index (Phi) is 7.62. The Balaban J connectivity index is 0.000000224. The number of benzene rings is 2. The van der Waals surface area contributed by atoms with Crippen molar-refractivity contribution in [2.75, 3.05) is 0 Å². The molecule has 0 aromatic heterocycles. The zero-order valence-corrected chi connectivity index (χ0v) is 14.4. The Morgan fingerprint density at radius 2 is 1.73 bits per heavy atom. The molecule has 0 bridgehead atoms. The summed E-state index contributed by atoms with van der Waals surface area (Å²) in [4.78, 5) is 10.8. The maximum atomic E-state index is 10.8. The van der Waals surface area contributed by atoms with Crippen molar-refractivity contribution in [3.63, 3.8) is 0 Å². The zero-order valence-electron chi connectivity index (χ0n) is 13.7. The van der Waals surface area contributed by atoms with Gasteiger partial charge in [0.2, 0.25) is 0 Å². The summed E-state index contributed by atoms with van der Waals surface area (Å²) in [7, 11) is 0. The lowest BCUT2D eigenvalue weighted by Crippen LogP contribution is -1.90. The number of hydrogen-bond donors (Lipinski definition) is 0. The molecule has 0 spiro atoms.